The molecule has 8 heteroatoms. The van der Waals surface area contributed by atoms with Gasteiger partial charge in [-0.05, 0) is 24.6 Å². The van der Waals surface area contributed by atoms with Crippen LogP contribution in [0.2, 0.25) is 0 Å². The van der Waals surface area contributed by atoms with Gasteiger partial charge in [-0.25, -0.2) is 4.79 Å². The van der Waals surface area contributed by atoms with Crippen molar-refractivity contribution in [3.8, 4) is 16.9 Å². The number of nitrogens with one attached hydrogen (secondary N) is 1. The van der Waals surface area contributed by atoms with E-state index in [1.54, 1.807) is 31.2 Å². The summed E-state index contributed by atoms with van der Waals surface area (Å²) in [7, 11) is 0. The lowest BCUT2D eigenvalue weighted by molar-refractivity contribution is -0.123. The van der Waals surface area contributed by atoms with E-state index >= 15 is 0 Å². The summed E-state index contributed by atoms with van der Waals surface area (Å²) in [6, 6.07) is 16.5. The first-order chi connectivity index (χ1) is 15.1. The third kappa shape index (κ3) is 4.29. The van der Waals surface area contributed by atoms with Crippen LogP contribution in [-0.4, -0.2) is 37.5 Å². The van der Waals surface area contributed by atoms with E-state index < -0.39 is 11.9 Å². The number of amides is 2. The molecule has 1 N–H and O–H groups in total. The van der Waals surface area contributed by atoms with Gasteiger partial charge in [0.2, 0.25) is 5.91 Å². The number of hydrogen-bond donors (Lipinski definition) is 1. The summed E-state index contributed by atoms with van der Waals surface area (Å²) in [4.78, 5) is 39.2. The van der Waals surface area contributed by atoms with Gasteiger partial charge in [-0.2, -0.15) is 0 Å². The molecule has 2 amide bonds. The van der Waals surface area contributed by atoms with Crippen LogP contribution in [0, 0.1) is 0 Å². The van der Waals surface area contributed by atoms with Crippen LogP contribution in [0.3, 0.4) is 0 Å². The van der Waals surface area contributed by atoms with Crippen LogP contribution in [0.25, 0.3) is 11.1 Å². The summed E-state index contributed by atoms with van der Waals surface area (Å²) in [6.07, 6.45) is 0. The smallest absolute Gasteiger partial charge is 0.341 e. The number of hydrogen-bond acceptors (Lipinski definition) is 6. The summed E-state index contributed by atoms with van der Waals surface area (Å²) in [5.74, 6) is -0.692. The van der Waals surface area contributed by atoms with Gasteiger partial charge in [0.25, 0.3) is 5.91 Å². The topological polar surface area (TPSA) is 84.9 Å². The highest BCUT2D eigenvalue weighted by molar-refractivity contribution is 7.15. The van der Waals surface area contributed by atoms with Gasteiger partial charge in [0.15, 0.2) is 6.61 Å². The highest BCUT2D eigenvalue weighted by atomic mass is 32.1. The number of para-hydroxylation sites is 2. The Morgan fingerprint density at radius 2 is 1.87 bits per heavy atom. The van der Waals surface area contributed by atoms with Gasteiger partial charge in [0, 0.05) is 10.9 Å². The Hall–Kier alpha value is -3.65. The Balaban J connectivity index is 1.59. The molecule has 0 fully saturated rings. The van der Waals surface area contributed by atoms with Gasteiger partial charge in [0.1, 0.15) is 22.9 Å². The molecule has 0 radical (unpaired) electrons. The zero-order valence-corrected chi connectivity index (χ0v) is 17.6. The Kier molecular flexibility index (Phi) is 5.99. The van der Waals surface area contributed by atoms with Gasteiger partial charge < -0.3 is 14.8 Å². The molecule has 2 heterocycles. The number of carbonyl (C=O) groups is 3. The number of thiophene rings is 1. The zero-order chi connectivity index (χ0) is 21.8. The van der Waals surface area contributed by atoms with E-state index in [-0.39, 0.29) is 25.7 Å². The SMILES string of the molecule is CCOC(=O)c1c(-c2ccccc2)csc1NC(=O)CN1C(=O)COc2ccccc21. The number of carbonyl (C=O) groups excluding carboxylic acids is 3. The van der Waals surface area contributed by atoms with Crippen molar-refractivity contribution in [2.45, 2.75) is 6.92 Å². The molecule has 1 aliphatic rings. The fraction of sp³-hybridized carbons (Fsp3) is 0.174. The second kappa shape index (κ2) is 9.01. The van der Waals surface area contributed by atoms with Gasteiger partial charge in [-0.1, -0.05) is 42.5 Å². The number of nitrogens with zero attached hydrogens (tertiary/aromatic N) is 1. The molecule has 1 aliphatic heterocycles. The van der Waals surface area contributed by atoms with Crippen LogP contribution in [0.4, 0.5) is 10.7 Å². The molecular weight excluding hydrogens is 416 g/mol. The molecule has 0 spiro atoms. The number of rotatable bonds is 6. The third-order valence-corrected chi connectivity index (χ3v) is 5.61. The Bertz CT molecular complexity index is 1130. The summed E-state index contributed by atoms with van der Waals surface area (Å²) < 4.78 is 10.6. The lowest BCUT2D eigenvalue weighted by Crippen LogP contribution is -2.43. The third-order valence-electron chi connectivity index (χ3n) is 4.72. The number of anilines is 2. The fourth-order valence-electron chi connectivity index (χ4n) is 3.32. The van der Waals surface area contributed by atoms with Crippen molar-refractivity contribution in [3.05, 3.63) is 65.5 Å². The lowest BCUT2D eigenvalue weighted by Gasteiger charge is -2.28. The first kappa shape index (κ1) is 20.6. The van der Waals surface area contributed by atoms with Crippen LogP contribution in [0.1, 0.15) is 17.3 Å². The van der Waals surface area contributed by atoms with E-state index in [0.29, 0.717) is 27.6 Å². The van der Waals surface area contributed by atoms with Crippen molar-refractivity contribution in [3.63, 3.8) is 0 Å². The van der Waals surface area contributed by atoms with E-state index in [1.807, 2.05) is 35.7 Å². The zero-order valence-electron chi connectivity index (χ0n) is 16.8. The van der Waals surface area contributed by atoms with Crippen molar-refractivity contribution in [2.24, 2.45) is 0 Å². The molecule has 0 unspecified atom stereocenters. The Morgan fingerprint density at radius 1 is 1.13 bits per heavy atom. The molecular formula is C23H20N2O5S. The molecule has 0 saturated carbocycles. The molecule has 158 valence electrons. The van der Waals surface area contributed by atoms with Crippen molar-refractivity contribution >= 4 is 39.8 Å². The maximum Gasteiger partial charge on any atom is 0.341 e. The minimum atomic E-state index is -0.509. The van der Waals surface area contributed by atoms with E-state index in [0.717, 1.165) is 5.56 Å². The standard InChI is InChI=1S/C23H20N2O5S/c1-2-29-23(28)21-16(15-8-4-3-5-9-15)14-31-22(21)24-19(26)12-25-17-10-6-7-11-18(17)30-13-20(25)27/h3-11,14H,2,12-13H2,1H3,(H,24,26). The summed E-state index contributed by atoms with van der Waals surface area (Å²) in [5, 5.41) is 4.98. The molecule has 4 rings (SSSR count). The predicted octanol–water partition coefficient (Wildman–Crippen LogP) is 3.96. The van der Waals surface area contributed by atoms with Gasteiger partial charge >= 0.3 is 5.97 Å². The average molecular weight is 436 g/mol. The van der Waals surface area contributed by atoms with Crippen LogP contribution in [-0.2, 0) is 14.3 Å². The molecule has 0 atom stereocenters. The van der Waals surface area contributed by atoms with Crippen molar-refractivity contribution in [1.29, 1.82) is 0 Å². The Morgan fingerprint density at radius 3 is 2.65 bits per heavy atom. The molecule has 2 aromatic carbocycles. The molecule has 0 saturated heterocycles. The highest BCUT2D eigenvalue weighted by Crippen LogP contribution is 2.36. The lowest BCUT2D eigenvalue weighted by atomic mass is 10.0. The molecule has 31 heavy (non-hydrogen) atoms. The average Bonchev–Trinajstić information content (AvgIpc) is 3.20. The van der Waals surface area contributed by atoms with Crippen molar-refractivity contribution in [1.82, 2.24) is 0 Å². The second-order valence-corrected chi connectivity index (χ2v) is 7.60. The minimum absolute atomic E-state index is 0.129. The number of ether oxygens (including phenoxy) is 2. The van der Waals surface area contributed by atoms with Gasteiger partial charge in [-0.15, -0.1) is 11.3 Å². The van der Waals surface area contributed by atoms with Crippen LogP contribution in [0.5, 0.6) is 5.75 Å². The molecule has 3 aromatic rings. The first-order valence-corrected chi connectivity index (χ1v) is 10.6. The molecule has 7 nitrogen and oxygen atoms in total. The van der Waals surface area contributed by atoms with Crippen LogP contribution >= 0.6 is 11.3 Å². The highest BCUT2D eigenvalue weighted by Gasteiger charge is 2.28. The maximum absolute atomic E-state index is 12.8. The van der Waals surface area contributed by atoms with Gasteiger partial charge in [0.05, 0.1) is 12.3 Å². The Labute approximate surface area is 183 Å². The van der Waals surface area contributed by atoms with E-state index in [2.05, 4.69) is 5.32 Å². The predicted molar refractivity (Wildman–Crippen MR) is 119 cm³/mol. The van der Waals surface area contributed by atoms with Crippen molar-refractivity contribution in [2.75, 3.05) is 30.0 Å². The number of benzene rings is 2. The van der Waals surface area contributed by atoms with E-state index in [1.165, 1.54) is 16.2 Å². The quantitative estimate of drug-likeness (QED) is 0.592. The molecule has 0 aliphatic carbocycles. The molecule has 0 bridgehead atoms. The second-order valence-electron chi connectivity index (χ2n) is 6.72. The van der Waals surface area contributed by atoms with Crippen LogP contribution < -0.4 is 15.0 Å². The summed E-state index contributed by atoms with van der Waals surface area (Å²) >= 11 is 1.24. The first-order valence-electron chi connectivity index (χ1n) is 9.74. The van der Waals surface area contributed by atoms with E-state index in [9.17, 15) is 14.4 Å². The molecule has 1 aromatic heterocycles. The van der Waals surface area contributed by atoms with E-state index in [4.69, 9.17) is 9.47 Å². The number of fused-ring (bicyclic) bond motifs is 1. The minimum Gasteiger partial charge on any atom is -0.482 e. The summed E-state index contributed by atoms with van der Waals surface area (Å²) in [5.41, 5.74) is 2.38. The monoisotopic (exact) mass is 436 g/mol. The number of esters is 1. The fourth-order valence-corrected chi connectivity index (χ4v) is 4.30. The van der Waals surface area contributed by atoms with Gasteiger partial charge in [-0.3, -0.25) is 14.5 Å². The normalized spacial score (nSPS) is 12.7. The summed E-state index contributed by atoms with van der Waals surface area (Å²) in [6.45, 7) is 1.62. The maximum atomic E-state index is 12.8. The van der Waals surface area contributed by atoms with Crippen LogP contribution in [0.15, 0.2) is 60.0 Å². The van der Waals surface area contributed by atoms with Crippen molar-refractivity contribution < 1.29 is 23.9 Å². The largest absolute Gasteiger partial charge is 0.482 e.